The van der Waals surface area contributed by atoms with Crippen molar-refractivity contribution in [2.24, 2.45) is 5.92 Å². The minimum Gasteiger partial charge on any atom is -0.380 e. The Morgan fingerprint density at radius 3 is 2.40 bits per heavy atom. The molecule has 0 aromatic heterocycles. The molecule has 1 rings (SSSR count). The summed E-state index contributed by atoms with van der Waals surface area (Å²) in [6, 6.07) is 0.273. The van der Waals surface area contributed by atoms with Gasteiger partial charge < -0.3 is 10.1 Å². The van der Waals surface area contributed by atoms with E-state index in [0.29, 0.717) is 12.3 Å². The van der Waals surface area contributed by atoms with E-state index in [9.17, 15) is 8.42 Å². The predicted molar refractivity (Wildman–Crippen MR) is 83.8 cm³/mol. The monoisotopic (exact) mass is 305 g/mol. The van der Waals surface area contributed by atoms with Gasteiger partial charge in [0, 0.05) is 25.2 Å². The molecule has 2 atom stereocenters. The second-order valence-electron chi connectivity index (χ2n) is 6.03. The number of rotatable bonds is 9. The maximum atomic E-state index is 11.3. The minimum atomic E-state index is -2.86. The van der Waals surface area contributed by atoms with Crippen LogP contribution in [0.5, 0.6) is 0 Å². The molecule has 20 heavy (non-hydrogen) atoms. The Morgan fingerprint density at radius 1 is 1.25 bits per heavy atom. The lowest BCUT2D eigenvalue weighted by Gasteiger charge is -2.35. The minimum absolute atomic E-state index is 0.217. The van der Waals surface area contributed by atoms with Gasteiger partial charge in [-0.15, -0.1) is 0 Å². The SMILES string of the molecule is CCNC(CCCS(C)(=O)=O)C(OC)C1CCCCC1. The fourth-order valence-corrected chi connectivity index (χ4v) is 4.05. The molecule has 1 saturated carbocycles. The topological polar surface area (TPSA) is 55.4 Å². The summed E-state index contributed by atoms with van der Waals surface area (Å²) < 4.78 is 28.3. The number of likely N-dealkylation sites (N-methyl/N-ethyl adjacent to an activating group) is 1. The molecule has 0 spiro atoms. The van der Waals surface area contributed by atoms with Gasteiger partial charge in [0.05, 0.1) is 6.10 Å². The standard InChI is InChI=1S/C15H31NO3S/c1-4-16-14(11-8-12-20(3,17)18)15(19-2)13-9-6-5-7-10-13/h13-16H,4-12H2,1-3H3. The van der Waals surface area contributed by atoms with Crippen molar-refractivity contribution in [1.29, 1.82) is 0 Å². The van der Waals surface area contributed by atoms with Crippen molar-refractivity contribution in [3.8, 4) is 0 Å². The Balaban J connectivity index is 2.55. The largest absolute Gasteiger partial charge is 0.380 e. The smallest absolute Gasteiger partial charge is 0.147 e. The summed E-state index contributed by atoms with van der Waals surface area (Å²) in [5, 5.41) is 3.50. The van der Waals surface area contributed by atoms with Crippen LogP contribution in [-0.2, 0) is 14.6 Å². The summed E-state index contributed by atoms with van der Waals surface area (Å²) in [6.07, 6.45) is 9.53. The molecule has 0 radical (unpaired) electrons. The maximum Gasteiger partial charge on any atom is 0.147 e. The molecule has 1 fully saturated rings. The van der Waals surface area contributed by atoms with E-state index in [1.807, 2.05) is 0 Å². The highest BCUT2D eigenvalue weighted by atomic mass is 32.2. The molecular formula is C15H31NO3S. The number of hydrogen-bond donors (Lipinski definition) is 1. The highest BCUT2D eigenvalue weighted by Gasteiger charge is 2.30. The molecular weight excluding hydrogens is 274 g/mol. The van der Waals surface area contributed by atoms with Gasteiger partial charge in [-0.05, 0) is 38.1 Å². The van der Waals surface area contributed by atoms with Gasteiger partial charge in [0.15, 0.2) is 0 Å². The first kappa shape index (κ1) is 17.9. The number of ether oxygens (including phenoxy) is 1. The molecule has 1 N–H and O–H groups in total. The average Bonchev–Trinajstić information content (AvgIpc) is 2.39. The molecule has 5 heteroatoms. The van der Waals surface area contributed by atoms with Crippen molar-refractivity contribution in [3.63, 3.8) is 0 Å². The zero-order valence-corrected chi connectivity index (χ0v) is 14.0. The van der Waals surface area contributed by atoms with E-state index < -0.39 is 9.84 Å². The van der Waals surface area contributed by atoms with Crippen LogP contribution >= 0.6 is 0 Å². The Bertz CT molecular complexity index is 350. The quantitative estimate of drug-likeness (QED) is 0.710. The fraction of sp³-hybridized carbons (Fsp3) is 1.00. The van der Waals surface area contributed by atoms with Gasteiger partial charge in [-0.3, -0.25) is 0 Å². The average molecular weight is 305 g/mol. The van der Waals surface area contributed by atoms with Crippen molar-refractivity contribution in [3.05, 3.63) is 0 Å². The Morgan fingerprint density at radius 2 is 1.90 bits per heavy atom. The third-order valence-corrected chi connectivity index (χ3v) is 5.31. The Kier molecular flexibility index (Phi) is 8.07. The molecule has 1 aliphatic carbocycles. The van der Waals surface area contributed by atoms with Crippen molar-refractivity contribution in [2.75, 3.05) is 25.7 Å². The van der Waals surface area contributed by atoms with E-state index in [0.717, 1.165) is 13.0 Å². The second kappa shape index (κ2) is 9.00. The summed E-state index contributed by atoms with van der Waals surface area (Å²) in [7, 11) is -1.07. The number of methoxy groups -OCH3 is 1. The summed E-state index contributed by atoms with van der Waals surface area (Å²) in [4.78, 5) is 0. The van der Waals surface area contributed by atoms with Gasteiger partial charge in [-0.1, -0.05) is 26.2 Å². The second-order valence-corrected chi connectivity index (χ2v) is 8.29. The molecule has 0 aromatic rings. The van der Waals surface area contributed by atoms with Crippen molar-refractivity contribution < 1.29 is 13.2 Å². The zero-order valence-electron chi connectivity index (χ0n) is 13.2. The molecule has 0 aromatic carbocycles. The molecule has 2 unspecified atom stereocenters. The van der Waals surface area contributed by atoms with E-state index in [1.54, 1.807) is 7.11 Å². The number of nitrogens with one attached hydrogen (secondary N) is 1. The summed E-state index contributed by atoms with van der Waals surface area (Å²) in [5.41, 5.74) is 0. The summed E-state index contributed by atoms with van der Waals surface area (Å²) in [6.45, 7) is 2.99. The molecule has 0 bridgehead atoms. The van der Waals surface area contributed by atoms with Crippen molar-refractivity contribution >= 4 is 9.84 Å². The highest BCUT2D eigenvalue weighted by molar-refractivity contribution is 7.90. The van der Waals surface area contributed by atoms with Crippen LogP contribution in [0, 0.1) is 5.92 Å². The molecule has 120 valence electrons. The first-order chi connectivity index (χ1) is 9.48. The van der Waals surface area contributed by atoms with Crippen LogP contribution in [0.4, 0.5) is 0 Å². The molecule has 1 aliphatic rings. The lowest BCUT2D eigenvalue weighted by Crippen LogP contribution is -2.45. The first-order valence-corrected chi connectivity index (χ1v) is 9.98. The van der Waals surface area contributed by atoms with Crippen LogP contribution in [0.3, 0.4) is 0 Å². The molecule has 0 amide bonds. The van der Waals surface area contributed by atoms with E-state index in [4.69, 9.17) is 4.74 Å². The maximum absolute atomic E-state index is 11.3. The van der Waals surface area contributed by atoms with Gasteiger partial charge in [-0.25, -0.2) is 8.42 Å². The third-order valence-electron chi connectivity index (χ3n) is 4.28. The van der Waals surface area contributed by atoms with Crippen molar-refractivity contribution in [1.82, 2.24) is 5.32 Å². The lowest BCUT2D eigenvalue weighted by atomic mass is 9.81. The number of sulfone groups is 1. The molecule has 4 nitrogen and oxygen atoms in total. The normalized spacial score (nSPS) is 20.8. The molecule has 0 saturated heterocycles. The van der Waals surface area contributed by atoms with Gasteiger partial charge in [-0.2, -0.15) is 0 Å². The van der Waals surface area contributed by atoms with Crippen LogP contribution in [0.15, 0.2) is 0 Å². The van der Waals surface area contributed by atoms with Crippen LogP contribution in [0.25, 0.3) is 0 Å². The third kappa shape index (κ3) is 6.55. The van der Waals surface area contributed by atoms with Gasteiger partial charge >= 0.3 is 0 Å². The highest BCUT2D eigenvalue weighted by Crippen LogP contribution is 2.30. The van der Waals surface area contributed by atoms with Crippen LogP contribution < -0.4 is 5.32 Å². The van der Waals surface area contributed by atoms with E-state index in [1.165, 1.54) is 38.4 Å². The van der Waals surface area contributed by atoms with E-state index >= 15 is 0 Å². The molecule has 0 heterocycles. The van der Waals surface area contributed by atoms with Crippen molar-refractivity contribution in [2.45, 2.75) is 64.0 Å². The first-order valence-electron chi connectivity index (χ1n) is 7.91. The van der Waals surface area contributed by atoms with Gasteiger partial charge in [0.25, 0.3) is 0 Å². The van der Waals surface area contributed by atoms with E-state index in [-0.39, 0.29) is 17.9 Å². The lowest BCUT2D eigenvalue weighted by molar-refractivity contribution is 0.00638. The Hall–Kier alpha value is -0.130. The number of hydrogen-bond acceptors (Lipinski definition) is 4. The van der Waals surface area contributed by atoms with Crippen LogP contribution in [0.1, 0.15) is 51.9 Å². The van der Waals surface area contributed by atoms with Gasteiger partial charge in [0.1, 0.15) is 9.84 Å². The Labute approximate surface area is 124 Å². The van der Waals surface area contributed by atoms with Crippen LogP contribution in [0.2, 0.25) is 0 Å². The van der Waals surface area contributed by atoms with Crippen LogP contribution in [-0.4, -0.2) is 46.2 Å². The van der Waals surface area contributed by atoms with E-state index in [2.05, 4.69) is 12.2 Å². The van der Waals surface area contributed by atoms with Gasteiger partial charge in [0.2, 0.25) is 0 Å². The fourth-order valence-electron chi connectivity index (χ4n) is 3.36. The summed E-state index contributed by atoms with van der Waals surface area (Å²) in [5.74, 6) is 0.895. The predicted octanol–water partition coefficient (Wildman–Crippen LogP) is 2.38. The molecule has 0 aliphatic heterocycles. The summed E-state index contributed by atoms with van der Waals surface area (Å²) >= 11 is 0. The zero-order chi connectivity index (χ0) is 15.0.